The molecule has 1 unspecified atom stereocenters. The zero-order valence-electron chi connectivity index (χ0n) is 10.1. The van der Waals surface area contributed by atoms with Crippen molar-refractivity contribution in [3.63, 3.8) is 0 Å². The Bertz CT molecular complexity index is 338. The third kappa shape index (κ3) is 2.31. The maximum Gasteiger partial charge on any atom is 0.225 e. The molecule has 1 heterocycles. The quantitative estimate of drug-likeness (QED) is 0.754. The lowest BCUT2D eigenvalue weighted by Gasteiger charge is -2.25. The Balaban J connectivity index is 1.37. The van der Waals surface area contributed by atoms with Gasteiger partial charge in [-0.05, 0) is 24.2 Å². The first-order chi connectivity index (χ1) is 8.24. The van der Waals surface area contributed by atoms with Gasteiger partial charge in [0.15, 0.2) is 0 Å². The summed E-state index contributed by atoms with van der Waals surface area (Å²) in [6, 6.07) is 0. The Morgan fingerprint density at radius 3 is 2.82 bits per heavy atom. The van der Waals surface area contributed by atoms with Crippen molar-refractivity contribution >= 4 is 11.8 Å². The SMILES string of the molecule is O=C1CC(C(=O)NC[C@@H]2C[C@H]2C2CCC2)CN1. The summed E-state index contributed by atoms with van der Waals surface area (Å²) in [4.78, 5) is 22.8. The van der Waals surface area contributed by atoms with Gasteiger partial charge in [-0.15, -0.1) is 0 Å². The average Bonchev–Trinajstić information content (AvgIpc) is 2.83. The minimum atomic E-state index is -0.136. The normalized spacial score (nSPS) is 36.2. The van der Waals surface area contributed by atoms with Gasteiger partial charge in [-0.1, -0.05) is 19.3 Å². The predicted molar refractivity (Wildman–Crippen MR) is 63.1 cm³/mol. The van der Waals surface area contributed by atoms with Gasteiger partial charge in [0.05, 0.1) is 5.92 Å². The van der Waals surface area contributed by atoms with E-state index in [0.717, 1.165) is 18.4 Å². The molecular formula is C13H20N2O2. The monoisotopic (exact) mass is 236 g/mol. The Hall–Kier alpha value is -1.06. The highest BCUT2D eigenvalue weighted by molar-refractivity contribution is 5.89. The number of hydrogen-bond donors (Lipinski definition) is 2. The predicted octanol–water partition coefficient (Wildman–Crippen LogP) is 0.675. The van der Waals surface area contributed by atoms with Gasteiger partial charge in [-0.3, -0.25) is 9.59 Å². The van der Waals surface area contributed by atoms with Gasteiger partial charge in [-0.25, -0.2) is 0 Å². The molecule has 2 saturated carbocycles. The Labute approximate surface area is 102 Å². The summed E-state index contributed by atoms with van der Waals surface area (Å²) in [7, 11) is 0. The molecule has 3 fully saturated rings. The lowest BCUT2D eigenvalue weighted by Crippen LogP contribution is -2.33. The first kappa shape index (κ1) is 11.1. The van der Waals surface area contributed by atoms with Crippen molar-refractivity contribution in [2.45, 2.75) is 32.1 Å². The summed E-state index contributed by atoms with van der Waals surface area (Å²) >= 11 is 0. The second-order valence-electron chi connectivity index (χ2n) is 5.80. The van der Waals surface area contributed by atoms with Crippen LogP contribution in [0.3, 0.4) is 0 Å². The van der Waals surface area contributed by atoms with Gasteiger partial charge in [0.1, 0.15) is 0 Å². The minimum absolute atomic E-state index is 0.00363. The summed E-state index contributed by atoms with van der Waals surface area (Å²) in [6.45, 7) is 1.34. The summed E-state index contributed by atoms with van der Waals surface area (Å²) in [5.74, 6) is 2.48. The van der Waals surface area contributed by atoms with Crippen molar-refractivity contribution < 1.29 is 9.59 Å². The van der Waals surface area contributed by atoms with Crippen LogP contribution in [0.15, 0.2) is 0 Å². The number of hydrogen-bond acceptors (Lipinski definition) is 2. The molecule has 3 rings (SSSR count). The molecule has 0 aromatic heterocycles. The number of amides is 2. The van der Waals surface area contributed by atoms with E-state index in [2.05, 4.69) is 10.6 Å². The molecule has 0 spiro atoms. The maximum absolute atomic E-state index is 11.8. The molecule has 4 nitrogen and oxygen atoms in total. The van der Waals surface area contributed by atoms with Crippen LogP contribution in [0.2, 0.25) is 0 Å². The van der Waals surface area contributed by atoms with Crippen LogP contribution in [0.25, 0.3) is 0 Å². The van der Waals surface area contributed by atoms with Gasteiger partial charge >= 0.3 is 0 Å². The van der Waals surface area contributed by atoms with Crippen molar-refractivity contribution in [3.05, 3.63) is 0 Å². The summed E-state index contributed by atoms with van der Waals surface area (Å²) in [6.07, 6.45) is 5.86. The molecule has 2 amide bonds. The molecule has 0 aromatic carbocycles. The van der Waals surface area contributed by atoms with E-state index in [1.807, 2.05) is 0 Å². The van der Waals surface area contributed by atoms with Gasteiger partial charge < -0.3 is 10.6 Å². The minimum Gasteiger partial charge on any atom is -0.356 e. The molecule has 4 heteroatoms. The number of carbonyl (C=O) groups excluding carboxylic acids is 2. The highest BCUT2D eigenvalue weighted by Crippen LogP contribution is 2.51. The van der Waals surface area contributed by atoms with Crippen molar-refractivity contribution in [1.82, 2.24) is 10.6 Å². The highest BCUT2D eigenvalue weighted by atomic mass is 16.2. The molecule has 2 aliphatic carbocycles. The second-order valence-corrected chi connectivity index (χ2v) is 5.80. The van der Waals surface area contributed by atoms with E-state index in [1.54, 1.807) is 0 Å². The fraction of sp³-hybridized carbons (Fsp3) is 0.846. The first-order valence-electron chi connectivity index (χ1n) is 6.78. The van der Waals surface area contributed by atoms with Crippen LogP contribution in [0.4, 0.5) is 0 Å². The lowest BCUT2D eigenvalue weighted by molar-refractivity contribution is -0.126. The van der Waals surface area contributed by atoms with E-state index in [1.165, 1.54) is 25.7 Å². The van der Waals surface area contributed by atoms with Crippen molar-refractivity contribution in [2.75, 3.05) is 13.1 Å². The molecule has 1 aliphatic heterocycles. The third-order valence-corrected chi connectivity index (χ3v) is 4.62. The van der Waals surface area contributed by atoms with Crippen molar-refractivity contribution in [3.8, 4) is 0 Å². The zero-order chi connectivity index (χ0) is 11.8. The third-order valence-electron chi connectivity index (χ3n) is 4.62. The smallest absolute Gasteiger partial charge is 0.225 e. The number of nitrogens with one attached hydrogen (secondary N) is 2. The molecule has 1 saturated heterocycles. The largest absolute Gasteiger partial charge is 0.356 e. The molecule has 17 heavy (non-hydrogen) atoms. The summed E-state index contributed by atoms with van der Waals surface area (Å²) in [5, 5.41) is 5.71. The lowest BCUT2D eigenvalue weighted by atomic mass is 9.81. The van der Waals surface area contributed by atoms with E-state index in [9.17, 15) is 9.59 Å². The van der Waals surface area contributed by atoms with Crippen molar-refractivity contribution in [2.24, 2.45) is 23.7 Å². The van der Waals surface area contributed by atoms with Gasteiger partial charge in [0.25, 0.3) is 0 Å². The van der Waals surface area contributed by atoms with Crippen LogP contribution in [-0.4, -0.2) is 24.9 Å². The Morgan fingerprint density at radius 2 is 2.24 bits per heavy atom. The molecule has 0 aromatic rings. The van der Waals surface area contributed by atoms with Crippen LogP contribution in [0.1, 0.15) is 32.1 Å². The zero-order valence-corrected chi connectivity index (χ0v) is 10.1. The highest BCUT2D eigenvalue weighted by Gasteiger charge is 2.44. The molecular weight excluding hydrogens is 216 g/mol. The molecule has 0 bridgehead atoms. The maximum atomic E-state index is 11.8. The Morgan fingerprint density at radius 1 is 1.41 bits per heavy atom. The number of carbonyl (C=O) groups is 2. The molecule has 0 radical (unpaired) electrons. The van der Waals surface area contributed by atoms with Crippen LogP contribution < -0.4 is 10.6 Å². The first-order valence-corrected chi connectivity index (χ1v) is 6.78. The van der Waals surface area contributed by atoms with Gasteiger partial charge in [-0.2, -0.15) is 0 Å². The number of rotatable bonds is 4. The van der Waals surface area contributed by atoms with Gasteiger partial charge in [0, 0.05) is 19.5 Å². The molecule has 3 atom stereocenters. The van der Waals surface area contributed by atoms with Gasteiger partial charge in [0.2, 0.25) is 11.8 Å². The fourth-order valence-electron chi connectivity index (χ4n) is 3.12. The molecule has 94 valence electrons. The molecule has 2 N–H and O–H groups in total. The molecule has 3 aliphatic rings. The Kier molecular flexibility index (Phi) is 2.81. The van der Waals surface area contributed by atoms with Crippen LogP contribution in [0.5, 0.6) is 0 Å². The second kappa shape index (κ2) is 4.31. The van der Waals surface area contributed by atoms with Crippen LogP contribution >= 0.6 is 0 Å². The summed E-state index contributed by atoms with van der Waals surface area (Å²) in [5.41, 5.74) is 0. The van der Waals surface area contributed by atoms with E-state index < -0.39 is 0 Å². The fourth-order valence-corrected chi connectivity index (χ4v) is 3.12. The van der Waals surface area contributed by atoms with Crippen molar-refractivity contribution in [1.29, 1.82) is 0 Å². The summed E-state index contributed by atoms with van der Waals surface area (Å²) < 4.78 is 0. The van der Waals surface area contributed by atoms with Crippen LogP contribution in [0, 0.1) is 23.7 Å². The standard InChI is InChI=1S/C13H20N2O2/c16-12-5-10(7-14-12)13(17)15-6-9-4-11(9)8-2-1-3-8/h8-11H,1-7H2,(H,14,16)(H,15,17)/t9-,10?,11-/m0/s1. The average molecular weight is 236 g/mol. The van der Waals surface area contributed by atoms with Crippen LogP contribution in [-0.2, 0) is 9.59 Å². The van der Waals surface area contributed by atoms with E-state index in [-0.39, 0.29) is 17.7 Å². The topological polar surface area (TPSA) is 58.2 Å². The van der Waals surface area contributed by atoms with E-state index in [0.29, 0.717) is 18.9 Å². The van der Waals surface area contributed by atoms with E-state index in [4.69, 9.17) is 0 Å². The van der Waals surface area contributed by atoms with E-state index >= 15 is 0 Å².